The number of hydrogen-bond acceptors (Lipinski definition) is 1. The van der Waals surface area contributed by atoms with Crippen LogP contribution in [-0.4, -0.2) is 4.98 Å². The Labute approximate surface area is 87.6 Å². The van der Waals surface area contributed by atoms with Gasteiger partial charge in [-0.1, -0.05) is 40.7 Å². The Morgan fingerprint density at radius 2 is 1.79 bits per heavy atom. The zero-order valence-electron chi connectivity index (χ0n) is 9.96. The number of aromatic nitrogens is 1. The van der Waals surface area contributed by atoms with Gasteiger partial charge < -0.3 is 0 Å². The zero-order valence-corrected chi connectivity index (χ0v) is 9.96. The van der Waals surface area contributed by atoms with E-state index in [4.69, 9.17) is 0 Å². The summed E-state index contributed by atoms with van der Waals surface area (Å²) in [6, 6.07) is 2.31. The van der Waals surface area contributed by atoms with Gasteiger partial charge in [-0.05, 0) is 29.4 Å². The predicted octanol–water partition coefficient (Wildman–Crippen LogP) is 3.89. The number of aryl methyl sites for hydroxylation is 1. The lowest BCUT2D eigenvalue weighted by atomic mass is 9.94. The molecule has 0 saturated heterocycles. The van der Waals surface area contributed by atoms with E-state index in [9.17, 15) is 0 Å². The zero-order chi connectivity index (χ0) is 10.7. The molecule has 1 nitrogen and oxygen atoms in total. The Kier molecular flexibility index (Phi) is 3.68. The molecule has 0 saturated carbocycles. The lowest BCUT2D eigenvalue weighted by Crippen LogP contribution is -2.03. The molecular weight excluding hydrogens is 170 g/mol. The molecule has 0 radical (unpaired) electrons. The van der Waals surface area contributed by atoms with Gasteiger partial charge in [0.25, 0.3) is 0 Å². The molecule has 1 aromatic heterocycles. The molecule has 14 heavy (non-hydrogen) atoms. The van der Waals surface area contributed by atoms with E-state index in [0.29, 0.717) is 11.8 Å². The minimum atomic E-state index is 0.526. The maximum absolute atomic E-state index is 4.57. The van der Waals surface area contributed by atoms with Crippen LogP contribution in [0.2, 0.25) is 0 Å². The monoisotopic (exact) mass is 191 g/mol. The standard InChI is InChI=1S/C13H21N/c1-6-11-7-12(9(2)3)13(10(4)5)14-8-11/h7-10H,6H2,1-5H3. The fraction of sp³-hybridized carbons (Fsp3) is 0.615. The Hall–Kier alpha value is -0.850. The summed E-state index contributed by atoms with van der Waals surface area (Å²) in [5.74, 6) is 1.10. The molecule has 0 aliphatic carbocycles. The summed E-state index contributed by atoms with van der Waals surface area (Å²) >= 11 is 0. The highest BCUT2D eigenvalue weighted by atomic mass is 14.7. The maximum atomic E-state index is 4.57. The van der Waals surface area contributed by atoms with Crippen molar-refractivity contribution < 1.29 is 0 Å². The fourth-order valence-electron chi connectivity index (χ4n) is 1.68. The van der Waals surface area contributed by atoms with Crippen LogP contribution in [0.15, 0.2) is 12.3 Å². The highest BCUT2D eigenvalue weighted by molar-refractivity contribution is 5.29. The van der Waals surface area contributed by atoms with Crippen molar-refractivity contribution in [2.75, 3.05) is 0 Å². The summed E-state index contributed by atoms with van der Waals surface area (Å²) in [7, 11) is 0. The minimum absolute atomic E-state index is 0.526. The van der Waals surface area contributed by atoms with Gasteiger partial charge in [0, 0.05) is 11.9 Å². The normalized spacial score (nSPS) is 11.4. The Bertz CT molecular complexity index is 300. The van der Waals surface area contributed by atoms with E-state index >= 15 is 0 Å². The second-order valence-corrected chi connectivity index (χ2v) is 4.48. The van der Waals surface area contributed by atoms with Crippen molar-refractivity contribution in [3.05, 3.63) is 29.1 Å². The average molecular weight is 191 g/mol. The Morgan fingerprint density at radius 3 is 2.21 bits per heavy atom. The SMILES string of the molecule is CCc1cnc(C(C)C)c(C(C)C)c1. The summed E-state index contributed by atoms with van der Waals surface area (Å²) in [6.07, 6.45) is 3.09. The van der Waals surface area contributed by atoms with E-state index in [0.717, 1.165) is 6.42 Å². The highest BCUT2D eigenvalue weighted by Gasteiger charge is 2.11. The summed E-state index contributed by atoms with van der Waals surface area (Å²) < 4.78 is 0. The molecule has 78 valence electrons. The van der Waals surface area contributed by atoms with Crippen molar-refractivity contribution in [3.63, 3.8) is 0 Å². The van der Waals surface area contributed by atoms with Crippen molar-refractivity contribution in [2.45, 2.75) is 52.9 Å². The molecule has 0 aliphatic rings. The summed E-state index contributed by atoms with van der Waals surface area (Å²) in [5.41, 5.74) is 4.02. The van der Waals surface area contributed by atoms with Crippen LogP contribution < -0.4 is 0 Å². The van der Waals surface area contributed by atoms with Gasteiger partial charge in [-0.15, -0.1) is 0 Å². The van der Waals surface area contributed by atoms with Gasteiger partial charge in [0.2, 0.25) is 0 Å². The van der Waals surface area contributed by atoms with Gasteiger partial charge in [-0.3, -0.25) is 4.98 Å². The van der Waals surface area contributed by atoms with Crippen LogP contribution in [0.3, 0.4) is 0 Å². The van der Waals surface area contributed by atoms with Crippen LogP contribution in [0.5, 0.6) is 0 Å². The largest absolute Gasteiger partial charge is 0.260 e. The summed E-state index contributed by atoms with van der Waals surface area (Å²) in [6.45, 7) is 11.1. The van der Waals surface area contributed by atoms with Crippen molar-refractivity contribution >= 4 is 0 Å². The molecule has 1 heteroatoms. The topological polar surface area (TPSA) is 12.9 Å². The molecule has 0 aliphatic heterocycles. The van der Waals surface area contributed by atoms with Gasteiger partial charge in [-0.25, -0.2) is 0 Å². The van der Waals surface area contributed by atoms with Crippen LogP contribution in [0.4, 0.5) is 0 Å². The van der Waals surface area contributed by atoms with Crippen LogP contribution in [0.25, 0.3) is 0 Å². The quantitative estimate of drug-likeness (QED) is 0.706. The first-order valence-electron chi connectivity index (χ1n) is 5.55. The van der Waals surface area contributed by atoms with Crippen molar-refractivity contribution in [1.82, 2.24) is 4.98 Å². The van der Waals surface area contributed by atoms with E-state index in [2.05, 4.69) is 45.7 Å². The molecule has 1 aromatic rings. The molecule has 0 amide bonds. The number of rotatable bonds is 3. The lowest BCUT2D eigenvalue weighted by Gasteiger charge is -2.15. The van der Waals surface area contributed by atoms with Gasteiger partial charge in [0.1, 0.15) is 0 Å². The Balaban J connectivity index is 3.17. The maximum Gasteiger partial charge on any atom is 0.0463 e. The number of hydrogen-bond donors (Lipinski definition) is 0. The molecule has 0 unspecified atom stereocenters. The number of nitrogens with zero attached hydrogens (tertiary/aromatic N) is 1. The van der Waals surface area contributed by atoms with E-state index in [1.54, 1.807) is 0 Å². The minimum Gasteiger partial charge on any atom is -0.260 e. The van der Waals surface area contributed by atoms with E-state index in [1.807, 2.05) is 6.20 Å². The van der Waals surface area contributed by atoms with Crippen molar-refractivity contribution in [3.8, 4) is 0 Å². The van der Waals surface area contributed by atoms with E-state index in [-0.39, 0.29) is 0 Å². The average Bonchev–Trinajstić information content (AvgIpc) is 2.16. The molecule has 0 bridgehead atoms. The molecular formula is C13H21N. The van der Waals surface area contributed by atoms with Crippen LogP contribution >= 0.6 is 0 Å². The number of pyridine rings is 1. The van der Waals surface area contributed by atoms with Gasteiger partial charge >= 0.3 is 0 Å². The second kappa shape index (κ2) is 4.59. The summed E-state index contributed by atoms with van der Waals surface area (Å²) in [4.78, 5) is 4.57. The first-order valence-corrected chi connectivity index (χ1v) is 5.55. The molecule has 0 aromatic carbocycles. The molecule has 0 fully saturated rings. The predicted molar refractivity (Wildman–Crippen MR) is 61.8 cm³/mol. The highest BCUT2D eigenvalue weighted by Crippen LogP contribution is 2.24. The smallest absolute Gasteiger partial charge is 0.0463 e. The molecule has 1 rings (SSSR count). The summed E-state index contributed by atoms with van der Waals surface area (Å²) in [5, 5.41) is 0. The van der Waals surface area contributed by atoms with E-state index < -0.39 is 0 Å². The molecule has 0 spiro atoms. The fourth-order valence-corrected chi connectivity index (χ4v) is 1.68. The Morgan fingerprint density at radius 1 is 1.14 bits per heavy atom. The third-order valence-electron chi connectivity index (χ3n) is 2.58. The molecule has 0 N–H and O–H groups in total. The van der Waals surface area contributed by atoms with Crippen LogP contribution in [0, 0.1) is 0 Å². The van der Waals surface area contributed by atoms with Crippen molar-refractivity contribution in [2.24, 2.45) is 0 Å². The van der Waals surface area contributed by atoms with Gasteiger partial charge in [0.05, 0.1) is 0 Å². The molecule has 1 heterocycles. The van der Waals surface area contributed by atoms with Gasteiger partial charge in [-0.2, -0.15) is 0 Å². The lowest BCUT2D eigenvalue weighted by molar-refractivity contribution is 0.753. The van der Waals surface area contributed by atoms with Crippen molar-refractivity contribution in [1.29, 1.82) is 0 Å². The first-order chi connectivity index (χ1) is 6.56. The van der Waals surface area contributed by atoms with Crippen LogP contribution in [-0.2, 0) is 6.42 Å². The van der Waals surface area contributed by atoms with E-state index in [1.165, 1.54) is 16.8 Å². The van der Waals surface area contributed by atoms with Crippen LogP contribution in [0.1, 0.15) is 63.3 Å². The third kappa shape index (κ3) is 2.34. The molecule has 0 atom stereocenters. The first kappa shape index (κ1) is 11.2. The third-order valence-corrected chi connectivity index (χ3v) is 2.58. The second-order valence-electron chi connectivity index (χ2n) is 4.48. The van der Waals surface area contributed by atoms with Gasteiger partial charge in [0.15, 0.2) is 0 Å².